The minimum Gasteiger partial charge on any atom is -0.399 e. The lowest BCUT2D eigenvalue weighted by molar-refractivity contribution is 0.329. The molecule has 2 nitrogen and oxygen atoms in total. The Hall–Kier alpha value is -1.87. The lowest BCUT2D eigenvalue weighted by atomic mass is 10.1. The quantitative estimate of drug-likeness (QED) is 0.835. The van der Waals surface area contributed by atoms with Crippen LogP contribution in [0.4, 0.5) is 10.1 Å². The van der Waals surface area contributed by atoms with Crippen LogP contribution >= 0.6 is 0 Å². The lowest BCUT2D eigenvalue weighted by Crippen LogP contribution is -2.21. The largest absolute Gasteiger partial charge is 0.399 e. The molecule has 2 rings (SSSR count). The van der Waals surface area contributed by atoms with E-state index in [1.807, 2.05) is 37.4 Å². The summed E-state index contributed by atoms with van der Waals surface area (Å²) in [5.74, 6) is -0.125. The van der Waals surface area contributed by atoms with Crippen molar-refractivity contribution in [2.24, 2.45) is 0 Å². The van der Waals surface area contributed by atoms with Gasteiger partial charge in [-0.05, 0) is 42.8 Å². The third kappa shape index (κ3) is 4.07. The van der Waals surface area contributed by atoms with Crippen LogP contribution in [0.2, 0.25) is 0 Å². The summed E-state index contributed by atoms with van der Waals surface area (Å²) in [6.07, 6.45) is 0.714. The highest BCUT2D eigenvalue weighted by atomic mass is 19.1. The van der Waals surface area contributed by atoms with Gasteiger partial charge in [-0.25, -0.2) is 4.39 Å². The van der Waals surface area contributed by atoms with E-state index < -0.39 is 0 Å². The summed E-state index contributed by atoms with van der Waals surface area (Å²) in [5.41, 5.74) is 8.47. The van der Waals surface area contributed by atoms with Gasteiger partial charge in [0.25, 0.3) is 0 Å². The summed E-state index contributed by atoms with van der Waals surface area (Å²) >= 11 is 0. The van der Waals surface area contributed by atoms with Gasteiger partial charge in [-0.2, -0.15) is 0 Å². The Labute approximate surface area is 113 Å². The third-order valence-electron chi connectivity index (χ3n) is 3.12. The highest BCUT2D eigenvalue weighted by molar-refractivity contribution is 5.40. The monoisotopic (exact) mass is 258 g/mol. The van der Waals surface area contributed by atoms with E-state index in [-0.39, 0.29) is 5.82 Å². The molecule has 0 heterocycles. The second-order valence-corrected chi connectivity index (χ2v) is 4.82. The first-order valence-corrected chi connectivity index (χ1v) is 6.41. The standard InChI is InChI=1S/C16H19FN2/c1-19(12-13-5-4-7-15(18)11-13)10-9-14-6-2-3-8-16(14)17/h2-8,11H,9-10,12,18H2,1H3. The zero-order chi connectivity index (χ0) is 13.7. The highest BCUT2D eigenvalue weighted by Gasteiger charge is 2.04. The molecule has 2 N–H and O–H groups in total. The fraction of sp³-hybridized carbons (Fsp3) is 0.250. The zero-order valence-corrected chi connectivity index (χ0v) is 11.1. The van der Waals surface area contributed by atoms with Crippen molar-refractivity contribution in [1.29, 1.82) is 0 Å². The Morgan fingerprint density at radius 1 is 1.11 bits per heavy atom. The molecular formula is C16H19FN2. The molecule has 0 spiro atoms. The summed E-state index contributed by atoms with van der Waals surface area (Å²) in [5, 5.41) is 0. The summed E-state index contributed by atoms with van der Waals surface area (Å²) in [4.78, 5) is 2.17. The molecule has 0 saturated carbocycles. The van der Waals surface area contributed by atoms with E-state index in [0.29, 0.717) is 6.42 Å². The Balaban J connectivity index is 1.88. The first kappa shape index (κ1) is 13.6. The van der Waals surface area contributed by atoms with Gasteiger partial charge in [0.05, 0.1) is 0 Å². The van der Waals surface area contributed by atoms with Crippen molar-refractivity contribution in [1.82, 2.24) is 4.90 Å². The number of rotatable bonds is 5. The van der Waals surface area contributed by atoms with Gasteiger partial charge < -0.3 is 10.6 Å². The molecule has 0 radical (unpaired) electrons. The molecule has 0 amide bonds. The molecule has 0 aliphatic carbocycles. The number of nitrogen functional groups attached to an aromatic ring is 1. The van der Waals surface area contributed by atoms with E-state index in [1.54, 1.807) is 6.07 Å². The number of nitrogens with zero attached hydrogens (tertiary/aromatic N) is 1. The SMILES string of the molecule is CN(CCc1ccccc1F)Cc1cccc(N)c1. The molecule has 0 saturated heterocycles. The summed E-state index contributed by atoms with van der Waals surface area (Å²) < 4.78 is 13.5. The molecule has 0 atom stereocenters. The van der Waals surface area contributed by atoms with Crippen molar-refractivity contribution in [3.05, 3.63) is 65.5 Å². The molecule has 0 aliphatic heterocycles. The van der Waals surface area contributed by atoms with Gasteiger partial charge in [0, 0.05) is 18.8 Å². The summed E-state index contributed by atoms with van der Waals surface area (Å²) in [6, 6.07) is 14.8. The number of benzene rings is 2. The van der Waals surface area contributed by atoms with Crippen molar-refractivity contribution in [3.8, 4) is 0 Å². The zero-order valence-electron chi connectivity index (χ0n) is 11.1. The van der Waals surface area contributed by atoms with Gasteiger partial charge in [0.1, 0.15) is 5.82 Å². The van der Waals surface area contributed by atoms with Crippen molar-refractivity contribution in [3.63, 3.8) is 0 Å². The average Bonchev–Trinajstić information content (AvgIpc) is 2.38. The third-order valence-corrected chi connectivity index (χ3v) is 3.12. The minimum atomic E-state index is -0.125. The molecule has 19 heavy (non-hydrogen) atoms. The Morgan fingerprint density at radius 2 is 1.89 bits per heavy atom. The number of halogens is 1. The maximum absolute atomic E-state index is 13.5. The predicted molar refractivity (Wildman–Crippen MR) is 77.3 cm³/mol. The average molecular weight is 258 g/mol. The predicted octanol–water partition coefficient (Wildman–Crippen LogP) is 3.08. The Bertz CT molecular complexity index is 540. The number of nitrogens with two attached hydrogens (primary N) is 1. The molecule has 0 fully saturated rings. The highest BCUT2D eigenvalue weighted by Crippen LogP contribution is 2.11. The van der Waals surface area contributed by atoms with Crippen molar-refractivity contribution in [2.45, 2.75) is 13.0 Å². The van der Waals surface area contributed by atoms with Gasteiger partial charge in [-0.3, -0.25) is 0 Å². The van der Waals surface area contributed by atoms with Crippen molar-refractivity contribution >= 4 is 5.69 Å². The van der Waals surface area contributed by atoms with Crippen LogP contribution in [0.25, 0.3) is 0 Å². The van der Waals surface area contributed by atoms with E-state index >= 15 is 0 Å². The van der Waals surface area contributed by atoms with Crippen LogP contribution in [-0.2, 0) is 13.0 Å². The van der Waals surface area contributed by atoms with E-state index in [2.05, 4.69) is 11.0 Å². The van der Waals surface area contributed by atoms with Crippen molar-refractivity contribution < 1.29 is 4.39 Å². The fourth-order valence-corrected chi connectivity index (χ4v) is 2.09. The van der Waals surface area contributed by atoms with Gasteiger partial charge in [0.2, 0.25) is 0 Å². The first-order chi connectivity index (χ1) is 9.15. The normalized spacial score (nSPS) is 10.9. The van der Waals surface area contributed by atoms with Gasteiger partial charge in [-0.1, -0.05) is 30.3 Å². The first-order valence-electron chi connectivity index (χ1n) is 6.41. The van der Waals surface area contributed by atoms with Gasteiger partial charge >= 0.3 is 0 Å². The van der Waals surface area contributed by atoms with Crippen LogP contribution in [0.15, 0.2) is 48.5 Å². The van der Waals surface area contributed by atoms with E-state index in [0.717, 1.165) is 24.3 Å². The van der Waals surface area contributed by atoms with Gasteiger partial charge in [-0.15, -0.1) is 0 Å². The van der Waals surface area contributed by atoms with E-state index in [1.165, 1.54) is 11.6 Å². The maximum Gasteiger partial charge on any atom is 0.126 e. The molecule has 0 bridgehead atoms. The molecule has 0 aliphatic rings. The molecule has 2 aromatic carbocycles. The summed E-state index contributed by atoms with van der Waals surface area (Å²) in [6.45, 7) is 1.63. The number of likely N-dealkylation sites (N-methyl/N-ethyl adjacent to an activating group) is 1. The van der Waals surface area contributed by atoms with Crippen LogP contribution in [0.3, 0.4) is 0 Å². The van der Waals surface area contributed by atoms with Crippen LogP contribution < -0.4 is 5.73 Å². The van der Waals surface area contributed by atoms with Crippen molar-refractivity contribution in [2.75, 3.05) is 19.3 Å². The van der Waals surface area contributed by atoms with Crippen LogP contribution in [0.1, 0.15) is 11.1 Å². The fourth-order valence-electron chi connectivity index (χ4n) is 2.09. The van der Waals surface area contributed by atoms with Gasteiger partial charge in [0.15, 0.2) is 0 Å². The molecule has 0 aromatic heterocycles. The Morgan fingerprint density at radius 3 is 2.63 bits per heavy atom. The van der Waals surface area contributed by atoms with E-state index in [4.69, 9.17) is 5.73 Å². The molecule has 3 heteroatoms. The molecular weight excluding hydrogens is 239 g/mol. The maximum atomic E-state index is 13.5. The number of hydrogen-bond donors (Lipinski definition) is 1. The smallest absolute Gasteiger partial charge is 0.126 e. The van der Waals surface area contributed by atoms with E-state index in [9.17, 15) is 4.39 Å². The topological polar surface area (TPSA) is 29.3 Å². The Kier molecular flexibility index (Phi) is 4.53. The second-order valence-electron chi connectivity index (χ2n) is 4.82. The molecule has 100 valence electrons. The lowest BCUT2D eigenvalue weighted by Gasteiger charge is -2.17. The molecule has 2 aromatic rings. The molecule has 0 unspecified atom stereocenters. The van der Waals surface area contributed by atoms with Crippen LogP contribution in [-0.4, -0.2) is 18.5 Å². The van der Waals surface area contributed by atoms with Crippen LogP contribution in [0, 0.1) is 5.82 Å². The summed E-state index contributed by atoms with van der Waals surface area (Å²) in [7, 11) is 2.03. The number of hydrogen-bond acceptors (Lipinski definition) is 2. The number of anilines is 1. The van der Waals surface area contributed by atoms with Crippen LogP contribution in [0.5, 0.6) is 0 Å². The minimum absolute atomic E-state index is 0.125. The second kappa shape index (κ2) is 6.34.